The molecule has 0 saturated carbocycles. The Morgan fingerprint density at radius 3 is 2.31 bits per heavy atom. The van der Waals surface area contributed by atoms with Gasteiger partial charge < -0.3 is 11.1 Å². The fraction of sp³-hybridized carbons (Fsp3) is 0.200. The largest absolute Gasteiger partial charge is 0.368 e. The second-order valence-corrected chi connectivity index (χ2v) is 8.65. The minimum atomic E-state index is -3.45. The van der Waals surface area contributed by atoms with Crippen LogP contribution in [0.15, 0.2) is 71.9 Å². The topological polar surface area (TPSA) is 101 Å². The van der Waals surface area contributed by atoms with Crippen molar-refractivity contribution < 1.29 is 8.42 Å². The van der Waals surface area contributed by atoms with Crippen molar-refractivity contribution in [3.8, 4) is 11.3 Å². The van der Waals surface area contributed by atoms with Crippen molar-refractivity contribution in [2.24, 2.45) is 5.73 Å². The summed E-state index contributed by atoms with van der Waals surface area (Å²) < 4.78 is 25.5. The van der Waals surface area contributed by atoms with Gasteiger partial charge in [-0.15, -0.1) is 12.4 Å². The number of hydrogen-bond donors (Lipinski definition) is 2. The van der Waals surface area contributed by atoms with Crippen molar-refractivity contribution >= 4 is 28.2 Å². The molecule has 29 heavy (non-hydrogen) atoms. The van der Waals surface area contributed by atoms with E-state index in [1.54, 1.807) is 24.3 Å². The van der Waals surface area contributed by atoms with E-state index in [1.165, 1.54) is 24.7 Å². The number of rotatable bonds is 7. The number of nitrogens with zero attached hydrogens (tertiary/aromatic N) is 3. The predicted molar refractivity (Wildman–Crippen MR) is 117 cm³/mol. The molecule has 1 aromatic heterocycles. The Bertz CT molecular complexity index is 1030. The molecule has 1 heterocycles. The Labute approximate surface area is 177 Å². The van der Waals surface area contributed by atoms with Crippen molar-refractivity contribution in [1.29, 1.82) is 0 Å². The van der Waals surface area contributed by atoms with Crippen LogP contribution in [0, 0.1) is 0 Å². The lowest BCUT2D eigenvalue weighted by Gasteiger charge is -2.14. The Morgan fingerprint density at radius 1 is 1.03 bits per heavy atom. The van der Waals surface area contributed by atoms with Crippen LogP contribution in [-0.4, -0.2) is 43.3 Å². The van der Waals surface area contributed by atoms with Gasteiger partial charge >= 0.3 is 0 Å². The van der Waals surface area contributed by atoms with Gasteiger partial charge in [0.25, 0.3) is 0 Å². The Balaban J connectivity index is 0.00000300. The van der Waals surface area contributed by atoms with Crippen LogP contribution in [0.1, 0.15) is 11.6 Å². The van der Waals surface area contributed by atoms with Gasteiger partial charge in [0.05, 0.1) is 10.6 Å². The van der Waals surface area contributed by atoms with Gasteiger partial charge in [0.2, 0.25) is 10.0 Å². The van der Waals surface area contributed by atoms with E-state index in [9.17, 15) is 8.42 Å². The zero-order valence-corrected chi connectivity index (χ0v) is 17.8. The maximum atomic E-state index is 12.2. The molecule has 9 heteroatoms. The molecular formula is C20H24ClN5O2S. The number of sulfonamides is 1. The number of aromatic nitrogens is 2. The van der Waals surface area contributed by atoms with E-state index in [1.807, 2.05) is 36.4 Å². The molecule has 3 N–H and O–H groups in total. The maximum absolute atomic E-state index is 12.2. The highest BCUT2D eigenvalue weighted by molar-refractivity contribution is 7.89. The summed E-state index contributed by atoms with van der Waals surface area (Å²) in [5.74, 6) is 0.654. The van der Waals surface area contributed by atoms with Gasteiger partial charge in [-0.25, -0.2) is 22.7 Å². The first-order valence-corrected chi connectivity index (χ1v) is 10.2. The third-order valence-corrected chi connectivity index (χ3v) is 6.16. The first-order valence-electron chi connectivity index (χ1n) is 8.77. The fourth-order valence-electron chi connectivity index (χ4n) is 2.65. The third kappa shape index (κ3) is 5.51. The van der Waals surface area contributed by atoms with Crippen molar-refractivity contribution in [3.05, 3.63) is 72.6 Å². The number of anilines is 1. The molecule has 0 fully saturated rings. The summed E-state index contributed by atoms with van der Waals surface area (Å²) in [6.45, 7) is 0.528. The average Bonchev–Trinajstić information content (AvgIpc) is 2.73. The van der Waals surface area contributed by atoms with Crippen LogP contribution in [0.4, 0.5) is 5.82 Å². The Morgan fingerprint density at radius 2 is 1.69 bits per heavy atom. The highest BCUT2D eigenvalue weighted by Gasteiger charge is 2.17. The molecule has 0 spiro atoms. The zero-order chi connectivity index (χ0) is 20.1. The molecule has 0 bridgehead atoms. The number of nitrogens with two attached hydrogens (primary N) is 1. The molecule has 0 aliphatic rings. The van der Waals surface area contributed by atoms with Crippen LogP contribution in [-0.2, 0) is 10.0 Å². The minimum absolute atomic E-state index is 0. The molecule has 0 saturated heterocycles. The molecule has 3 rings (SSSR count). The number of halogens is 1. The summed E-state index contributed by atoms with van der Waals surface area (Å²) in [4.78, 5) is 8.75. The lowest BCUT2D eigenvalue weighted by Crippen LogP contribution is -2.22. The van der Waals surface area contributed by atoms with Crippen LogP contribution in [0.3, 0.4) is 0 Å². The molecule has 1 atom stereocenters. The van der Waals surface area contributed by atoms with Gasteiger partial charge in [0.15, 0.2) is 0 Å². The summed E-state index contributed by atoms with van der Waals surface area (Å²) in [5.41, 5.74) is 8.75. The first-order chi connectivity index (χ1) is 13.4. The Kier molecular flexibility index (Phi) is 7.69. The second-order valence-electron chi connectivity index (χ2n) is 6.50. The zero-order valence-electron chi connectivity index (χ0n) is 16.2. The summed E-state index contributed by atoms with van der Waals surface area (Å²) in [5, 5.41) is 3.22. The highest BCUT2D eigenvalue weighted by Crippen LogP contribution is 2.22. The van der Waals surface area contributed by atoms with E-state index in [2.05, 4.69) is 15.3 Å². The normalized spacial score (nSPS) is 12.3. The number of nitrogens with one attached hydrogen (secondary N) is 1. The van der Waals surface area contributed by atoms with Crippen molar-refractivity contribution in [1.82, 2.24) is 14.3 Å². The fourth-order valence-corrected chi connectivity index (χ4v) is 3.55. The molecule has 2 aromatic carbocycles. The van der Waals surface area contributed by atoms with Crippen LogP contribution < -0.4 is 11.1 Å². The van der Waals surface area contributed by atoms with E-state index >= 15 is 0 Å². The van der Waals surface area contributed by atoms with Crippen LogP contribution in [0.2, 0.25) is 0 Å². The minimum Gasteiger partial charge on any atom is -0.368 e. The van der Waals surface area contributed by atoms with E-state index in [0.29, 0.717) is 18.1 Å². The number of benzene rings is 2. The van der Waals surface area contributed by atoms with Crippen LogP contribution in [0.25, 0.3) is 11.3 Å². The van der Waals surface area contributed by atoms with Gasteiger partial charge in [0.1, 0.15) is 12.1 Å². The third-order valence-electron chi connectivity index (χ3n) is 4.33. The maximum Gasteiger partial charge on any atom is 0.242 e. The summed E-state index contributed by atoms with van der Waals surface area (Å²) in [7, 11) is -0.443. The Hall–Kier alpha value is -2.52. The smallest absolute Gasteiger partial charge is 0.242 e. The average molecular weight is 434 g/mol. The monoisotopic (exact) mass is 433 g/mol. The molecule has 0 radical (unpaired) electrons. The summed E-state index contributed by atoms with van der Waals surface area (Å²) in [6.07, 6.45) is 1.47. The number of hydrogen-bond acceptors (Lipinski definition) is 6. The molecule has 0 unspecified atom stereocenters. The quantitative estimate of drug-likeness (QED) is 0.594. The van der Waals surface area contributed by atoms with E-state index in [-0.39, 0.29) is 23.3 Å². The molecule has 0 aliphatic heterocycles. The summed E-state index contributed by atoms with van der Waals surface area (Å²) in [6, 6.07) is 18.1. The van der Waals surface area contributed by atoms with Crippen molar-refractivity contribution in [2.75, 3.05) is 26.0 Å². The van der Waals surface area contributed by atoms with Crippen molar-refractivity contribution in [2.45, 2.75) is 10.9 Å². The molecule has 3 aromatic rings. The van der Waals surface area contributed by atoms with Gasteiger partial charge in [-0.1, -0.05) is 42.5 Å². The molecule has 7 nitrogen and oxygen atoms in total. The summed E-state index contributed by atoms with van der Waals surface area (Å²) >= 11 is 0. The van der Waals surface area contributed by atoms with Gasteiger partial charge in [0, 0.05) is 38.3 Å². The van der Waals surface area contributed by atoms with E-state index in [0.717, 1.165) is 11.1 Å². The molecule has 0 aliphatic carbocycles. The van der Waals surface area contributed by atoms with Crippen LogP contribution >= 0.6 is 12.4 Å². The van der Waals surface area contributed by atoms with E-state index in [4.69, 9.17) is 5.73 Å². The first kappa shape index (κ1) is 22.8. The lowest BCUT2D eigenvalue weighted by molar-refractivity contribution is 0.521. The highest BCUT2D eigenvalue weighted by atomic mass is 35.5. The van der Waals surface area contributed by atoms with Crippen LogP contribution in [0.5, 0.6) is 0 Å². The standard InChI is InChI=1S/C20H23N5O2S.ClH/c1-25(2)28(26,27)17-10-8-16(9-11-17)19-12-20(24-14-23-19)22-13-18(21)15-6-4-3-5-7-15;/h3-12,14,18H,13,21H2,1-2H3,(H,22,23,24);1H/t18-;/m0./s1. The van der Waals surface area contributed by atoms with Gasteiger partial charge in [-0.3, -0.25) is 0 Å². The molecule has 0 amide bonds. The SMILES string of the molecule is CN(C)S(=O)(=O)c1ccc(-c2cc(NC[C@H](N)c3ccccc3)ncn2)cc1.Cl. The van der Waals surface area contributed by atoms with Gasteiger partial charge in [-0.2, -0.15) is 0 Å². The van der Waals surface area contributed by atoms with Gasteiger partial charge in [-0.05, 0) is 17.7 Å². The molecular weight excluding hydrogens is 410 g/mol. The molecule has 154 valence electrons. The predicted octanol–water partition coefficient (Wildman–Crippen LogP) is 2.93. The van der Waals surface area contributed by atoms with Crippen molar-refractivity contribution in [3.63, 3.8) is 0 Å². The van der Waals surface area contributed by atoms with E-state index < -0.39 is 10.0 Å². The lowest BCUT2D eigenvalue weighted by atomic mass is 10.1. The second kappa shape index (κ2) is 9.80.